The van der Waals surface area contributed by atoms with E-state index in [2.05, 4.69) is 10.4 Å². The summed E-state index contributed by atoms with van der Waals surface area (Å²) in [5.74, 6) is -0.830. The lowest BCUT2D eigenvalue weighted by Gasteiger charge is -2.21. The van der Waals surface area contributed by atoms with Crippen molar-refractivity contribution in [3.05, 3.63) is 93.8 Å². The van der Waals surface area contributed by atoms with E-state index < -0.39 is 16.9 Å². The van der Waals surface area contributed by atoms with Gasteiger partial charge in [-0.15, -0.1) is 0 Å². The first-order chi connectivity index (χ1) is 14.8. The third-order valence-corrected chi connectivity index (χ3v) is 4.71. The summed E-state index contributed by atoms with van der Waals surface area (Å²) in [7, 11) is 1.65. The fourth-order valence-corrected chi connectivity index (χ4v) is 3.13. The van der Waals surface area contributed by atoms with Crippen LogP contribution in [0, 0.1) is 10.1 Å². The Bertz CT molecular complexity index is 1080. The minimum Gasteiger partial charge on any atom is -0.341 e. The number of nitrogens with zero attached hydrogens (tertiary/aromatic N) is 4. The fraction of sp³-hybridized carbons (Fsp3) is 0.227. The van der Waals surface area contributed by atoms with Crippen molar-refractivity contribution in [3.8, 4) is 0 Å². The van der Waals surface area contributed by atoms with Gasteiger partial charge in [0.1, 0.15) is 6.04 Å². The predicted octanol–water partition coefficient (Wildman–Crippen LogP) is 2.62. The molecule has 9 nitrogen and oxygen atoms in total. The number of non-ortho nitro benzene ring substituents is 1. The van der Waals surface area contributed by atoms with Gasteiger partial charge in [-0.05, 0) is 18.6 Å². The Morgan fingerprint density at radius 3 is 2.61 bits per heavy atom. The van der Waals surface area contributed by atoms with E-state index in [1.807, 2.05) is 36.5 Å². The van der Waals surface area contributed by atoms with Crippen LogP contribution in [0.3, 0.4) is 0 Å². The molecule has 1 atom stereocenters. The molecule has 2 amide bonds. The summed E-state index contributed by atoms with van der Waals surface area (Å²) in [6.07, 6.45) is 3.59. The molecule has 3 rings (SSSR count). The average Bonchev–Trinajstić information content (AvgIpc) is 3.20. The summed E-state index contributed by atoms with van der Waals surface area (Å²) in [6, 6.07) is 14.5. The van der Waals surface area contributed by atoms with E-state index in [9.17, 15) is 19.7 Å². The Balaban J connectivity index is 1.56. The van der Waals surface area contributed by atoms with Crippen molar-refractivity contribution < 1.29 is 14.5 Å². The molecular weight excluding hydrogens is 398 g/mol. The van der Waals surface area contributed by atoms with Gasteiger partial charge in [-0.1, -0.05) is 36.4 Å². The largest absolute Gasteiger partial charge is 0.341 e. The second-order valence-corrected chi connectivity index (χ2v) is 7.23. The Morgan fingerprint density at radius 1 is 1.16 bits per heavy atom. The number of nitro benzene ring substituents is 1. The molecule has 0 saturated carbocycles. The van der Waals surface area contributed by atoms with Gasteiger partial charge in [-0.2, -0.15) is 5.10 Å². The van der Waals surface area contributed by atoms with Crippen molar-refractivity contribution >= 4 is 17.5 Å². The lowest BCUT2D eigenvalue weighted by molar-refractivity contribution is -0.384. The minimum atomic E-state index is -0.795. The van der Waals surface area contributed by atoms with Gasteiger partial charge in [0, 0.05) is 43.0 Å². The summed E-state index contributed by atoms with van der Waals surface area (Å²) in [4.78, 5) is 36.8. The predicted molar refractivity (Wildman–Crippen MR) is 114 cm³/mol. The van der Waals surface area contributed by atoms with Crippen molar-refractivity contribution in [2.45, 2.75) is 26.1 Å². The lowest BCUT2D eigenvalue weighted by Crippen LogP contribution is -2.45. The van der Waals surface area contributed by atoms with Gasteiger partial charge in [0.05, 0.1) is 17.7 Å². The van der Waals surface area contributed by atoms with E-state index in [0.29, 0.717) is 13.1 Å². The topological polar surface area (TPSA) is 110 Å². The van der Waals surface area contributed by atoms with Gasteiger partial charge in [0.15, 0.2) is 0 Å². The summed E-state index contributed by atoms with van der Waals surface area (Å²) in [5, 5.41) is 17.8. The molecule has 0 fully saturated rings. The number of likely N-dealkylation sites (N-methyl/N-ethyl adjacent to an activating group) is 1. The summed E-state index contributed by atoms with van der Waals surface area (Å²) < 4.78 is 1.80. The van der Waals surface area contributed by atoms with Crippen LogP contribution in [0.25, 0.3) is 0 Å². The first-order valence-corrected chi connectivity index (χ1v) is 9.69. The summed E-state index contributed by atoms with van der Waals surface area (Å²) in [5.41, 5.74) is 1.93. The highest BCUT2D eigenvalue weighted by Gasteiger charge is 2.21. The molecule has 0 unspecified atom stereocenters. The lowest BCUT2D eigenvalue weighted by atomic mass is 10.1. The molecular formula is C22H23N5O4. The summed E-state index contributed by atoms with van der Waals surface area (Å²) in [6.45, 7) is 2.55. The van der Waals surface area contributed by atoms with Crippen LogP contribution in [0.4, 0.5) is 5.69 Å². The monoisotopic (exact) mass is 421 g/mol. The van der Waals surface area contributed by atoms with E-state index >= 15 is 0 Å². The van der Waals surface area contributed by atoms with E-state index in [-0.39, 0.29) is 17.2 Å². The molecule has 160 valence electrons. The number of aromatic nitrogens is 2. The molecule has 0 bridgehead atoms. The molecule has 0 radical (unpaired) electrons. The molecule has 1 heterocycles. The first kappa shape index (κ1) is 21.7. The van der Waals surface area contributed by atoms with Gasteiger partial charge in [0.2, 0.25) is 5.91 Å². The van der Waals surface area contributed by atoms with Crippen LogP contribution in [0.5, 0.6) is 0 Å². The van der Waals surface area contributed by atoms with Crippen LogP contribution in [0.15, 0.2) is 67.0 Å². The van der Waals surface area contributed by atoms with Crippen LogP contribution < -0.4 is 5.32 Å². The highest BCUT2D eigenvalue weighted by Crippen LogP contribution is 2.13. The van der Waals surface area contributed by atoms with Gasteiger partial charge in [0.25, 0.3) is 11.6 Å². The van der Waals surface area contributed by atoms with Crippen molar-refractivity contribution in [3.63, 3.8) is 0 Å². The number of nitrogens with one attached hydrogen (secondary N) is 1. The van der Waals surface area contributed by atoms with Gasteiger partial charge < -0.3 is 10.2 Å². The Morgan fingerprint density at radius 2 is 1.90 bits per heavy atom. The zero-order chi connectivity index (χ0) is 22.4. The van der Waals surface area contributed by atoms with E-state index in [4.69, 9.17) is 0 Å². The number of hydrogen-bond donors (Lipinski definition) is 1. The average molecular weight is 421 g/mol. The van der Waals surface area contributed by atoms with E-state index in [0.717, 1.165) is 11.1 Å². The Labute approximate surface area is 179 Å². The molecule has 0 aliphatic carbocycles. The highest BCUT2D eigenvalue weighted by atomic mass is 16.6. The third kappa shape index (κ3) is 5.75. The smallest absolute Gasteiger partial charge is 0.270 e. The number of benzene rings is 2. The molecule has 3 aromatic rings. The molecule has 2 aromatic carbocycles. The molecule has 1 N–H and O–H groups in total. The minimum absolute atomic E-state index is 0.124. The first-order valence-electron chi connectivity index (χ1n) is 9.69. The second kappa shape index (κ2) is 9.66. The summed E-state index contributed by atoms with van der Waals surface area (Å²) >= 11 is 0. The number of amides is 2. The maximum atomic E-state index is 12.7. The number of rotatable bonds is 8. The Hall–Kier alpha value is -4.01. The molecule has 1 aromatic heterocycles. The van der Waals surface area contributed by atoms with Crippen LogP contribution in [0.2, 0.25) is 0 Å². The van der Waals surface area contributed by atoms with Crippen molar-refractivity contribution in [2.75, 3.05) is 7.05 Å². The van der Waals surface area contributed by atoms with Crippen LogP contribution >= 0.6 is 0 Å². The number of hydrogen-bond acceptors (Lipinski definition) is 5. The van der Waals surface area contributed by atoms with Crippen molar-refractivity contribution in [1.82, 2.24) is 20.0 Å². The van der Waals surface area contributed by atoms with Gasteiger partial charge in [-0.25, -0.2) is 0 Å². The van der Waals surface area contributed by atoms with Gasteiger partial charge in [-0.3, -0.25) is 24.4 Å². The van der Waals surface area contributed by atoms with Crippen molar-refractivity contribution in [1.29, 1.82) is 0 Å². The standard InChI is InChI=1S/C22H23N5O4/c1-16(24-21(28)19-9-6-10-20(11-19)27(30)31)22(29)25(2)13-18-12-23-26(15-18)14-17-7-4-3-5-8-17/h3-12,15-16H,13-14H2,1-2H3,(H,24,28)/t16-/m0/s1. The Kier molecular flexibility index (Phi) is 6.76. The van der Waals surface area contributed by atoms with Gasteiger partial charge >= 0.3 is 0 Å². The SMILES string of the molecule is C[C@H](NC(=O)c1cccc([N+](=O)[O-])c1)C(=O)N(C)Cc1cnn(Cc2ccccc2)c1. The molecule has 0 spiro atoms. The quantitative estimate of drug-likeness (QED) is 0.444. The maximum absolute atomic E-state index is 12.7. The second-order valence-electron chi connectivity index (χ2n) is 7.23. The van der Waals surface area contributed by atoms with Crippen LogP contribution in [-0.4, -0.2) is 44.5 Å². The highest BCUT2D eigenvalue weighted by molar-refractivity contribution is 5.97. The van der Waals surface area contributed by atoms with Crippen LogP contribution in [-0.2, 0) is 17.9 Å². The number of carbonyl (C=O) groups is 2. The van der Waals surface area contributed by atoms with E-state index in [1.54, 1.807) is 24.9 Å². The fourth-order valence-electron chi connectivity index (χ4n) is 3.13. The molecule has 0 saturated heterocycles. The van der Waals surface area contributed by atoms with E-state index in [1.165, 1.54) is 29.2 Å². The maximum Gasteiger partial charge on any atom is 0.270 e. The molecule has 0 aliphatic heterocycles. The van der Waals surface area contributed by atoms with Crippen LogP contribution in [0.1, 0.15) is 28.4 Å². The molecule has 0 aliphatic rings. The third-order valence-electron chi connectivity index (χ3n) is 4.71. The molecule has 9 heteroatoms. The van der Waals surface area contributed by atoms with Crippen molar-refractivity contribution in [2.24, 2.45) is 0 Å². The number of nitro groups is 1. The zero-order valence-electron chi connectivity index (χ0n) is 17.3. The number of carbonyl (C=O) groups excluding carboxylic acids is 2. The zero-order valence-corrected chi connectivity index (χ0v) is 17.3. The molecule has 31 heavy (non-hydrogen) atoms. The normalized spacial score (nSPS) is 11.5.